The molecule has 0 radical (unpaired) electrons. The van der Waals surface area contributed by atoms with Gasteiger partial charge >= 0.3 is 0 Å². The summed E-state index contributed by atoms with van der Waals surface area (Å²) in [4.78, 5) is 0. The maximum absolute atomic E-state index is 5.79. The molecular formula is C29H49N3O. The second kappa shape index (κ2) is 17.9. The third kappa shape index (κ3) is 16.6. The van der Waals surface area contributed by atoms with Crippen molar-refractivity contribution in [3.05, 3.63) is 85.6 Å². The van der Waals surface area contributed by atoms with Crippen LogP contribution in [0.2, 0.25) is 0 Å². The van der Waals surface area contributed by atoms with Crippen LogP contribution in [0.15, 0.2) is 80.0 Å². The predicted molar refractivity (Wildman–Crippen MR) is 146 cm³/mol. The average Bonchev–Trinajstić information content (AvgIpc) is 2.75. The molecule has 0 aliphatic rings. The first-order chi connectivity index (χ1) is 15.6. The molecule has 0 bridgehead atoms. The molecule has 4 nitrogen and oxygen atoms in total. The van der Waals surface area contributed by atoms with Crippen LogP contribution >= 0.6 is 0 Å². The number of nitrogens with one attached hydrogen (secondary N) is 3. The first kappa shape index (κ1) is 30.4. The van der Waals surface area contributed by atoms with Crippen molar-refractivity contribution in [2.45, 2.75) is 79.5 Å². The lowest BCUT2D eigenvalue weighted by atomic mass is 10.0. The van der Waals surface area contributed by atoms with Crippen LogP contribution in [0.3, 0.4) is 0 Å². The zero-order valence-corrected chi connectivity index (χ0v) is 22.0. The maximum Gasteiger partial charge on any atom is 0.180 e. The van der Waals surface area contributed by atoms with Crippen LogP contribution < -0.4 is 16.0 Å². The van der Waals surface area contributed by atoms with Gasteiger partial charge in [0, 0.05) is 17.4 Å². The minimum Gasteiger partial charge on any atom is -0.475 e. The molecule has 1 rings (SSSR count). The lowest BCUT2D eigenvalue weighted by Gasteiger charge is -2.26. The van der Waals surface area contributed by atoms with E-state index in [1.165, 1.54) is 0 Å². The monoisotopic (exact) mass is 455 g/mol. The number of benzene rings is 1. The molecule has 2 atom stereocenters. The van der Waals surface area contributed by atoms with E-state index in [9.17, 15) is 0 Å². The quantitative estimate of drug-likeness (QED) is 0.187. The minimum atomic E-state index is 0.0249. The van der Waals surface area contributed by atoms with Crippen molar-refractivity contribution in [2.24, 2.45) is 11.8 Å². The van der Waals surface area contributed by atoms with Gasteiger partial charge < -0.3 is 20.7 Å². The van der Waals surface area contributed by atoms with Gasteiger partial charge in [0.15, 0.2) is 5.88 Å². The highest BCUT2D eigenvalue weighted by Gasteiger charge is 2.16. The Hall–Kier alpha value is -2.62. The molecule has 0 fully saturated rings. The molecular weight excluding hydrogens is 406 g/mol. The Morgan fingerprint density at radius 1 is 1.00 bits per heavy atom. The number of hydrogen-bond acceptors (Lipinski definition) is 4. The third-order valence-electron chi connectivity index (χ3n) is 4.52. The highest BCUT2D eigenvalue weighted by atomic mass is 16.5. The van der Waals surface area contributed by atoms with Gasteiger partial charge in [-0.05, 0) is 36.8 Å². The van der Waals surface area contributed by atoms with E-state index in [0.717, 1.165) is 42.1 Å². The van der Waals surface area contributed by atoms with E-state index in [-0.39, 0.29) is 12.1 Å². The highest BCUT2D eigenvalue weighted by molar-refractivity contribution is 5.14. The molecule has 0 aliphatic carbocycles. The minimum absolute atomic E-state index is 0.0249. The fourth-order valence-electron chi connectivity index (χ4n) is 2.96. The van der Waals surface area contributed by atoms with Crippen LogP contribution in [-0.2, 0) is 11.3 Å². The summed E-state index contributed by atoms with van der Waals surface area (Å²) in [6, 6.07) is 10.3. The summed E-state index contributed by atoms with van der Waals surface area (Å²) in [7, 11) is 0. The van der Waals surface area contributed by atoms with Crippen molar-refractivity contribution in [3.63, 3.8) is 0 Å². The molecule has 0 heterocycles. The fourth-order valence-corrected chi connectivity index (χ4v) is 2.96. The van der Waals surface area contributed by atoms with Gasteiger partial charge in [-0.25, -0.2) is 0 Å². The standard InChI is InChI=1S/C25H39N3O.C4H10/c1-8-13-24(9-2)27-20(5)17-26-21(6)25(16-19(3)4)28-22(7)29-18-23-14-11-10-12-15-23;1-4(2)3/h9-12,14-15,19,24-28H,2,5-8,13,16-18H2,1,3-4H3;4H,1-3H3. The van der Waals surface area contributed by atoms with Crippen molar-refractivity contribution >= 4 is 0 Å². The van der Waals surface area contributed by atoms with E-state index >= 15 is 0 Å². The summed E-state index contributed by atoms with van der Waals surface area (Å²) in [6.07, 6.45) is 4.99. The van der Waals surface area contributed by atoms with Gasteiger partial charge in [0.2, 0.25) is 0 Å². The van der Waals surface area contributed by atoms with Gasteiger partial charge in [0.25, 0.3) is 0 Å². The Balaban J connectivity index is 0.00000235. The summed E-state index contributed by atoms with van der Waals surface area (Å²) >= 11 is 0. The molecule has 2 unspecified atom stereocenters. The Morgan fingerprint density at radius 2 is 1.61 bits per heavy atom. The number of hydrogen-bond donors (Lipinski definition) is 3. The van der Waals surface area contributed by atoms with Crippen molar-refractivity contribution in [2.75, 3.05) is 6.54 Å². The van der Waals surface area contributed by atoms with Gasteiger partial charge in [-0.2, -0.15) is 0 Å². The molecule has 1 aromatic carbocycles. The van der Waals surface area contributed by atoms with Gasteiger partial charge in [-0.3, -0.25) is 0 Å². The summed E-state index contributed by atoms with van der Waals surface area (Å²) in [5.74, 6) is 1.89. The molecule has 4 heteroatoms. The third-order valence-corrected chi connectivity index (χ3v) is 4.52. The lowest BCUT2D eigenvalue weighted by molar-refractivity contribution is 0.171. The van der Waals surface area contributed by atoms with Crippen LogP contribution in [0, 0.1) is 11.8 Å². The highest BCUT2D eigenvalue weighted by Crippen LogP contribution is 2.13. The van der Waals surface area contributed by atoms with E-state index in [1.807, 2.05) is 36.4 Å². The zero-order valence-electron chi connectivity index (χ0n) is 22.0. The van der Waals surface area contributed by atoms with Gasteiger partial charge in [-0.15, -0.1) is 6.58 Å². The maximum atomic E-state index is 5.79. The predicted octanol–water partition coefficient (Wildman–Crippen LogP) is 6.90. The first-order valence-electron chi connectivity index (χ1n) is 12.2. The molecule has 3 N–H and O–H groups in total. The summed E-state index contributed by atoms with van der Waals surface area (Å²) in [5, 5.41) is 10.2. The summed E-state index contributed by atoms with van der Waals surface area (Å²) in [6.45, 7) is 30.4. The molecule has 33 heavy (non-hydrogen) atoms. The molecule has 0 saturated heterocycles. The Labute approximate surface area is 204 Å². The van der Waals surface area contributed by atoms with E-state index in [0.29, 0.717) is 25.0 Å². The summed E-state index contributed by atoms with van der Waals surface area (Å²) in [5.41, 5.74) is 2.93. The first-order valence-corrected chi connectivity index (χ1v) is 12.2. The average molecular weight is 456 g/mol. The molecule has 1 aromatic rings. The molecule has 0 aromatic heterocycles. The van der Waals surface area contributed by atoms with Crippen LogP contribution in [0.1, 0.15) is 66.4 Å². The number of rotatable bonds is 16. The largest absolute Gasteiger partial charge is 0.475 e. The Morgan fingerprint density at radius 3 is 2.12 bits per heavy atom. The molecule has 0 spiro atoms. The Kier molecular flexibility index (Phi) is 16.5. The fraction of sp³-hybridized carbons (Fsp3) is 0.517. The molecule has 186 valence electrons. The van der Waals surface area contributed by atoms with Crippen LogP contribution in [-0.4, -0.2) is 18.6 Å². The van der Waals surface area contributed by atoms with Crippen LogP contribution in [0.5, 0.6) is 0 Å². The Bertz CT molecular complexity index is 691. The van der Waals surface area contributed by atoms with Crippen molar-refractivity contribution in [3.8, 4) is 0 Å². The zero-order chi connectivity index (χ0) is 25.2. The molecule has 0 saturated carbocycles. The smallest absolute Gasteiger partial charge is 0.180 e. The van der Waals surface area contributed by atoms with Crippen LogP contribution in [0.25, 0.3) is 0 Å². The SMILES string of the molecule is C=CC(CCC)NC(=C)CNC(=C)C(CC(C)C)NC(=C)OCc1ccccc1.CC(C)C. The molecule has 0 aliphatic heterocycles. The second-order valence-electron chi connectivity index (χ2n) is 9.51. The van der Waals surface area contributed by atoms with Gasteiger partial charge in [0.1, 0.15) is 6.61 Å². The second-order valence-corrected chi connectivity index (χ2v) is 9.51. The number of ether oxygens (including phenoxy) is 1. The van der Waals surface area contributed by atoms with E-state index in [1.54, 1.807) is 0 Å². The lowest BCUT2D eigenvalue weighted by Crippen LogP contribution is -2.39. The normalized spacial score (nSPS) is 12.1. The summed E-state index contributed by atoms with van der Waals surface area (Å²) < 4.78 is 5.79. The van der Waals surface area contributed by atoms with Crippen molar-refractivity contribution < 1.29 is 4.74 Å². The van der Waals surface area contributed by atoms with Crippen molar-refractivity contribution in [1.82, 2.24) is 16.0 Å². The van der Waals surface area contributed by atoms with Crippen LogP contribution in [0.4, 0.5) is 0 Å². The van der Waals surface area contributed by atoms with Gasteiger partial charge in [0.05, 0.1) is 12.6 Å². The van der Waals surface area contributed by atoms with E-state index < -0.39 is 0 Å². The molecule has 0 amide bonds. The van der Waals surface area contributed by atoms with Gasteiger partial charge in [-0.1, -0.05) is 97.5 Å². The topological polar surface area (TPSA) is 45.3 Å². The van der Waals surface area contributed by atoms with Crippen molar-refractivity contribution in [1.29, 1.82) is 0 Å². The van der Waals surface area contributed by atoms with E-state index in [2.05, 4.69) is 83.8 Å². The van der Waals surface area contributed by atoms with E-state index in [4.69, 9.17) is 4.74 Å².